The number of halogens is 1. The van der Waals surface area contributed by atoms with Crippen LogP contribution in [-0.2, 0) is 6.54 Å². The Morgan fingerprint density at radius 3 is 2.61 bits per heavy atom. The van der Waals surface area contributed by atoms with Gasteiger partial charge in [0.15, 0.2) is 0 Å². The number of rotatable bonds is 2. The van der Waals surface area contributed by atoms with Gasteiger partial charge in [0.1, 0.15) is 0 Å². The van der Waals surface area contributed by atoms with Crippen LogP contribution >= 0.6 is 11.6 Å². The predicted octanol–water partition coefficient (Wildman–Crippen LogP) is 3.66. The number of benzene rings is 2. The van der Waals surface area contributed by atoms with Crippen LogP contribution in [0.5, 0.6) is 0 Å². The number of imidazole rings is 1. The summed E-state index contributed by atoms with van der Waals surface area (Å²) in [5.74, 6) is 0.658. The molecule has 0 atom stereocenters. The van der Waals surface area contributed by atoms with E-state index in [0.717, 1.165) is 22.3 Å². The van der Waals surface area contributed by atoms with Gasteiger partial charge in [-0.1, -0.05) is 35.9 Å². The molecule has 4 rings (SSSR count). The summed E-state index contributed by atoms with van der Waals surface area (Å²) in [5, 5.41) is 0.710. The lowest BCUT2D eigenvalue weighted by atomic mass is 10.2. The van der Waals surface area contributed by atoms with Crippen LogP contribution < -0.4 is 5.56 Å². The second-order valence-corrected chi connectivity index (χ2v) is 6.01. The number of hydrogen-bond donors (Lipinski definition) is 0. The second-order valence-electron chi connectivity index (χ2n) is 5.57. The molecule has 0 aliphatic carbocycles. The largest absolute Gasteiger partial charge is 0.311 e. The van der Waals surface area contributed by atoms with Crippen LogP contribution in [0.25, 0.3) is 16.8 Å². The summed E-state index contributed by atoms with van der Waals surface area (Å²) in [7, 11) is 0. The molecule has 0 N–H and O–H groups in total. The van der Waals surface area contributed by atoms with Crippen LogP contribution in [0.4, 0.5) is 0 Å². The summed E-state index contributed by atoms with van der Waals surface area (Å²) in [4.78, 5) is 17.1. The fraction of sp³-hybridized carbons (Fsp3) is 0.111. The van der Waals surface area contributed by atoms with Crippen LogP contribution in [0.3, 0.4) is 0 Å². The van der Waals surface area contributed by atoms with E-state index in [-0.39, 0.29) is 5.56 Å². The number of fused-ring (bicyclic) bond motifs is 3. The minimum atomic E-state index is -0.0569. The van der Waals surface area contributed by atoms with Crippen molar-refractivity contribution < 1.29 is 0 Å². The van der Waals surface area contributed by atoms with Crippen molar-refractivity contribution in [2.45, 2.75) is 13.5 Å². The Bertz CT molecular complexity index is 1080. The molecule has 114 valence electrons. The number of aryl methyl sites for hydroxylation is 1. The molecule has 0 unspecified atom stereocenters. The second kappa shape index (κ2) is 5.25. The topological polar surface area (TPSA) is 39.3 Å². The molecule has 0 aliphatic rings. The van der Waals surface area contributed by atoms with Crippen molar-refractivity contribution in [2.75, 3.05) is 0 Å². The van der Waals surface area contributed by atoms with Crippen molar-refractivity contribution in [1.29, 1.82) is 0 Å². The van der Waals surface area contributed by atoms with E-state index >= 15 is 0 Å². The average molecular weight is 324 g/mol. The molecule has 0 saturated heterocycles. The zero-order valence-electron chi connectivity index (χ0n) is 12.5. The molecule has 2 aromatic heterocycles. The Hall–Kier alpha value is -2.59. The van der Waals surface area contributed by atoms with Crippen LogP contribution in [0, 0.1) is 6.92 Å². The zero-order chi connectivity index (χ0) is 16.0. The summed E-state index contributed by atoms with van der Waals surface area (Å²) in [6.07, 6.45) is 0. The molecule has 0 radical (unpaired) electrons. The van der Waals surface area contributed by atoms with Gasteiger partial charge in [-0.05, 0) is 36.8 Å². The van der Waals surface area contributed by atoms with E-state index in [2.05, 4.69) is 4.98 Å². The third kappa shape index (κ3) is 2.32. The van der Waals surface area contributed by atoms with Crippen LogP contribution in [0.1, 0.15) is 11.3 Å². The predicted molar refractivity (Wildman–Crippen MR) is 92.2 cm³/mol. The van der Waals surface area contributed by atoms with Gasteiger partial charge >= 0.3 is 0 Å². The molecule has 5 heteroatoms. The number of nitrogens with zero attached hydrogens (tertiary/aromatic N) is 3. The Balaban J connectivity index is 1.98. The van der Waals surface area contributed by atoms with Gasteiger partial charge < -0.3 is 4.57 Å². The highest BCUT2D eigenvalue weighted by Crippen LogP contribution is 2.17. The monoisotopic (exact) mass is 323 g/mol. The van der Waals surface area contributed by atoms with Gasteiger partial charge in [0.2, 0.25) is 5.78 Å². The first-order valence-corrected chi connectivity index (χ1v) is 7.73. The van der Waals surface area contributed by atoms with E-state index in [1.807, 2.05) is 60.0 Å². The summed E-state index contributed by atoms with van der Waals surface area (Å²) < 4.78 is 3.71. The van der Waals surface area contributed by atoms with E-state index < -0.39 is 0 Å². The fourth-order valence-corrected chi connectivity index (χ4v) is 2.98. The van der Waals surface area contributed by atoms with E-state index in [1.54, 1.807) is 10.5 Å². The number of aromatic nitrogens is 3. The molecule has 4 aromatic rings. The van der Waals surface area contributed by atoms with Crippen LogP contribution in [-0.4, -0.2) is 14.0 Å². The molecule has 2 heterocycles. The van der Waals surface area contributed by atoms with E-state index in [4.69, 9.17) is 11.6 Å². The van der Waals surface area contributed by atoms with Crippen molar-refractivity contribution in [1.82, 2.24) is 14.0 Å². The minimum Gasteiger partial charge on any atom is -0.311 e. The minimum absolute atomic E-state index is 0.0569. The van der Waals surface area contributed by atoms with Gasteiger partial charge in [-0.3, -0.25) is 4.79 Å². The molecule has 0 bridgehead atoms. The zero-order valence-corrected chi connectivity index (χ0v) is 13.3. The number of para-hydroxylation sites is 2. The lowest BCUT2D eigenvalue weighted by Crippen LogP contribution is -2.19. The van der Waals surface area contributed by atoms with Crippen molar-refractivity contribution in [2.24, 2.45) is 0 Å². The van der Waals surface area contributed by atoms with Gasteiger partial charge in [0, 0.05) is 16.8 Å². The highest BCUT2D eigenvalue weighted by Gasteiger charge is 2.12. The van der Waals surface area contributed by atoms with E-state index in [9.17, 15) is 4.79 Å². The molecule has 0 saturated carbocycles. The molecular formula is C18H14ClN3O. The summed E-state index contributed by atoms with van der Waals surface area (Å²) in [5.41, 5.74) is 3.58. The normalized spacial score (nSPS) is 11.4. The molecule has 4 nitrogen and oxygen atoms in total. The maximum absolute atomic E-state index is 12.4. The van der Waals surface area contributed by atoms with Gasteiger partial charge in [0.05, 0.1) is 17.6 Å². The van der Waals surface area contributed by atoms with E-state index in [1.165, 1.54) is 0 Å². The Labute approximate surface area is 137 Å². The highest BCUT2D eigenvalue weighted by molar-refractivity contribution is 6.30. The maximum atomic E-state index is 12.4. The van der Waals surface area contributed by atoms with Crippen molar-refractivity contribution in [3.63, 3.8) is 0 Å². The van der Waals surface area contributed by atoms with Gasteiger partial charge in [0.25, 0.3) is 5.56 Å². The van der Waals surface area contributed by atoms with Crippen LogP contribution in [0.2, 0.25) is 5.02 Å². The molecule has 0 amide bonds. The molecule has 2 aromatic carbocycles. The molecule has 0 spiro atoms. The molecule has 0 fully saturated rings. The Kier molecular flexibility index (Phi) is 3.20. The van der Waals surface area contributed by atoms with Gasteiger partial charge in [-0.15, -0.1) is 0 Å². The Morgan fingerprint density at radius 1 is 1.09 bits per heavy atom. The number of hydrogen-bond acceptors (Lipinski definition) is 2. The SMILES string of the molecule is Cc1cc(=O)n2c3ccccc3nc2n1Cc1ccc(Cl)cc1. The lowest BCUT2D eigenvalue weighted by molar-refractivity contribution is 0.752. The van der Waals surface area contributed by atoms with Crippen molar-refractivity contribution in [3.8, 4) is 0 Å². The average Bonchev–Trinajstić information content (AvgIpc) is 2.93. The van der Waals surface area contributed by atoms with Gasteiger partial charge in [-0.25, -0.2) is 9.38 Å². The maximum Gasteiger partial charge on any atom is 0.259 e. The lowest BCUT2D eigenvalue weighted by Gasteiger charge is -2.12. The van der Waals surface area contributed by atoms with Gasteiger partial charge in [-0.2, -0.15) is 0 Å². The van der Waals surface area contributed by atoms with E-state index in [0.29, 0.717) is 17.3 Å². The third-order valence-electron chi connectivity index (χ3n) is 4.02. The molecule has 0 aliphatic heterocycles. The molecular weight excluding hydrogens is 310 g/mol. The van der Waals surface area contributed by atoms with Crippen LogP contribution in [0.15, 0.2) is 59.4 Å². The van der Waals surface area contributed by atoms with Crippen molar-refractivity contribution in [3.05, 3.63) is 81.2 Å². The first kappa shape index (κ1) is 14.0. The Morgan fingerprint density at radius 2 is 1.83 bits per heavy atom. The first-order valence-electron chi connectivity index (χ1n) is 7.35. The van der Waals surface area contributed by atoms with Crippen molar-refractivity contribution >= 4 is 28.4 Å². The molecule has 23 heavy (non-hydrogen) atoms. The summed E-state index contributed by atoms with van der Waals surface area (Å²) in [6.45, 7) is 2.56. The fourth-order valence-electron chi connectivity index (χ4n) is 2.86. The summed E-state index contributed by atoms with van der Waals surface area (Å²) in [6, 6.07) is 17.0. The third-order valence-corrected chi connectivity index (χ3v) is 4.27. The standard InChI is InChI=1S/C18H14ClN3O/c1-12-10-17(23)22-16-5-3-2-4-15(16)20-18(22)21(12)11-13-6-8-14(19)9-7-13/h2-10H,11H2,1H3. The first-order chi connectivity index (χ1) is 11.1. The quantitative estimate of drug-likeness (QED) is 0.565. The summed E-state index contributed by atoms with van der Waals surface area (Å²) >= 11 is 5.95. The highest BCUT2D eigenvalue weighted by atomic mass is 35.5. The smallest absolute Gasteiger partial charge is 0.259 e.